The van der Waals surface area contributed by atoms with Crippen LogP contribution in [0.5, 0.6) is 0 Å². The van der Waals surface area contributed by atoms with Gasteiger partial charge >= 0.3 is 12.1 Å². The number of benzene rings is 1. The Morgan fingerprint density at radius 2 is 2.00 bits per heavy atom. The summed E-state index contributed by atoms with van der Waals surface area (Å²) >= 11 is 0. The minimum Gasteiger partial charge on any atom is -0.460 e. The van der Waals surface area contributed by atoms with Crippen LogP contribution in [0.25, 0.3) is 10.9 Å². The van der Waals surface area contributed by atoms with Crippen LogP contribution in [-0.4, -0.2) is 34.9 Å². The number of ether oxygens (including phenoxy) is 2. The minimum absolute atomic E-state index is 0.117. The average molecular weight is 344 g/mol. The Bertz CT molecular complexity index is 786. The van der Waals surface area contributed by atoms with Crippen LogP contribution < -0.4 is 5.73 Å². The molecule has 0 radical (unpaired) electrons. The van der Waals surface area contributed by atoms with Crippen molar-refractivity contribution < 1.29 is 19.1 Å². The van der Waals surface area contributed by atoms with Crippen LogP contribution in [0.1, 0.15) is 26.3 Å². The Morgan fingerprint density at radius 1 is 1.32 bits per heavy atom. The van der Waals surface area contributed by atoms with E-state index in [4.69, 9.17) is 15.2 Å². The van der Waals surface area contributed by atoms with E-state index >= 15 is 0 Å². The van der Waals surface area contributed by atoms with Gasteiger partial charge in [0.2, 0.25) is 0 Å². The second-order valence-electron chi connectivity index (χ2n) is 6.75. The number of aromatic nitrogens is 1. The molecule has 25 heavy (non-hydrogen) atoms. The Balaban J connectivity index is 2.31. The number of para-hydroxylation sites is 1. The van der Waals surface area contributed by atoms with Crippen LogP contribution in [0.4, 0.5) is 4.79 Å². The predicted octanol–water partition coefficient (Wildman–Crippen LogP) is 3.02. The van der Waals surface area contributed by atoms with E-state index in [1.807, 2.05) is 45.0 Å². The van der Waals surface area contributed by atoms with Crippen LogP contribution in [-0.2, 0) is 20.7 Å². The molecule has 0 aliphatic carbocycles. The smallest absolute Gasteiger partial charge is 0.419 e. The number of esters is 1. The van der Waals surface area contributed by atoms with Crippen molar-refractivity contribution in [1.82, 2.24) is 4.57 Å². The molecule has 134 valence electrons. The molecule has 2 rings (SSSR count). The first-order chi connectivity index (χ1) is 11.7. The highest BCUT2D eigenvalue weighted by atomic mass is 16.6. The summed E-state index contributed by atoms with van der Waals surface area (Å²) in [7, 11) is 0. The third-order valence-corrected chi connectivity index (χ3v) is 3.47. The lowest BCUT2D eigenvalue weighted by molar-refractivity contribution is -0.143. The molecule has 0 saturated carbocycles. The van der Waals surface area contributed by atoms with Crippen molar-refractivity contribution in [3.05, 3.63) is 48.7 Å². The molecule has 1 heterocycles. The average Bonchev–Trinajstić information content (AvgIpc) is 2.90. The maximum absolute atomic E-state index is 12.5. The summed E-state index contributed by atoms with van der Waals surface area (Å²) in [6.07, 6.45) is 2.93. The van der Waals surface area contributed by atoms with Gasteiger partial charge in [-0.3, -0.25) is 9.36 Å². The zero-order valence-corrected chi connectivity index (χ0v) is 14.8. The Morgan fingerprint density at radius 3 is 2.64 bits per heavy atom. The summed E-state index contributed by atoms with van der Waals surface area (Å²) in [4.78, 5) is 24.3. The summed E-state index contributed by atoms with van der Waals surface area (Å²) < 4.78 is 11.9. The van der Waals surface area contributed by atoms with Crippen molar-refractivity contribution in [2.24, 2.45) is 5.73 Å². The third-order valence-electron chi connectivity index (χ3n) is 3.47. The van der Waals surface area contributed by atoms with E-state index in [2.05, 4.69) is 6.58 Å². The first-order valence-electron chi connectivity index (χ1n) is 8.08. The van der Waals surface area contributed by atoms with E-state index in [-0.39, 0.29) is 13.0 Å². The molecule has 0 amide bonds. The maximum atomic E-state index is 12.5. The summed E-state index contributed by atoms with van der Waals surface area (Å²) in [5, 5.41) is 0.848. The minimum atomic E-state index is -0.821. The highest BCUT2D eigenvalue weighted by Crippen LogP contribution is 2.24. The molecule has 2 N–H and O–H groups in total. The first-order valence-corrected chi connectivity index (χ1v) is 8.08. The number of hydrogen-bond acceptors (Lipinski definition) is 5. The van der Waals surface area contributed by atoms with E-state index < -0.39 is 23.7 Å². The van der Waals surface area contributed by atoms with Gasteiger partial charge in [-0.05, 0) is 32.4 Å². The summed E-state index contributed by atoms with van der Waals surface area (Å²) in [5.74, 6) is -0.506. The van der Waals surface area contributed by atoms with Crippen molar-refractivity contribution in [2.75, 3.05) is 6.61 Å². The van der Waals surface area contributed by atoms with Gasteiger partial charge in [-0.2, -0.15) is 0 Å². The van der Waals surface area contributed by atoms with Crippen LogP contribution in [0.15, 0.2) is 43.1 Å². The second-order valence-corrected chi connectivity index (χ2v) is 6.75. The molecule has 0 saturated heterocycles. The molecule has 0 bridgehead atoms. The van der Waals surface area contributed by atoms with Crippen LogP contribution in [0.3, 0.4) is 0 Å². The van der Waals surface area contributed by atoms with Crippen LogP contribution >= 0.6 is 0 Å². The standard InChI is InChI=1S/C19H24N2O4/c1-5-10-24-17(22)15(20)11-13-12-21(18(23)25-19(2,3)4)16-9-7-6-8-14(13)16/h5-9,12,15H,1,10-11,20H2,2-4H3/t15-/m0/s1. The van der Waals surface area contributed by atoms with Gasteiger partial charge in [0.05, 0.1) is 5.52 Å². The summed E-state index contributed by atoms with van der Waals surface area (Å²) in [6, 6.07) is 6.59. The quantitative estimate of drug-likeness (QED) is 0.666. The van der Waals surface area contributed by atoms with E-state index in [0.29, 0.717) is 5.52 Å². The molecule has 0 spiro atoms. The lowest BCUT2D eigenvalue weighted by Crippen LogP contribution is -2.34. The van der Waals surface area contributed by atoms with Gasteiger partial charge in [0, 0.05) is 18.0 Å². The molecular weight excluding hydrogens is 320 g/mol. The molecule has 1 atom stereocenters. The van der Waals surface area contributed by atoms with Crippen molar-refractivity contribution in [2.45, 2.75) is 38.8 Å². The monoisotopic (exact) mass is 344 g/mol. The fraction of sp³-hybridized carbons (Fsp3) is 0.368. The van der Waals surface area contributed by atoms with Crippen LogP contribution in [0, 0.1) is 0 Å². The lowest BCUT2D eigenvalue weighted by atomic mass is 10.1. The molecule has 6 nitrogen and oxygen atoms in total. The SMILES string of the molecule is C=CCOC(=O)[C@@H](N)Cc1cn(C(=O)OC(C)(C)C)c2ccccc12. The Hall–Kier alpha value is -2.60. The predicted molar refractivity (Wildman–Crippen MR) is 96.4 cm³/mol. The number of nitrogens with two attached hydrogens (primary N) is 1. The number of nitrogens with zero attached hydrogens (tertiary/aromatic N) is 1. The van der Waals surface area contributed by atoms with Crippen molar-refractivity contribution in [3.8, 4) is 0 Å². The largest absolute Gasteiger partial charge is 0.460 e. The number of carbonyl (C=O) groups excluding carboxylic acids is 2. The molecule has 0 aliphatic heterocycles. The van der Waals surface area contributed by atoms with E-state index in [9.17, 15) is 9.59 Å². The van der Waals surface area contributed by atoms with E-state index in [1.54, 1.807) is 6.20 Å². The molecule has 1 aromatic carbocycles. The van der Waals surface area contributed by atoms with Gasteiger partial charge < -0.3 is 15.2 Å². The maximum Gasteiger partial charge on any atom is 0.419 e. The van der Waals surface area contributed by atoms with Gasteiger partial charge in [0.1, 0.15) is 18.2 Å². The number of carbonyl (C=O) groups is 2. The highest BCUT2D eigenvalue weighted by molar-refractivity contribution is 5.92. The fourth-order valence-electron chi connectivity index (χ4n) is 2.44. The van der Waals surface area contributed by atoms with Gasteiger partial charge in [-0.25, -0.2) is 4.79 Å². The molecule has 0 unspecified atom stereocenters. The number of rotatable bonds is 5. The Kier molecular flexibility index (Phi) is 5.64. The molecule has 0 fully saturated rings. The molecule has 2 aromatic rings. The van der Waals surface area contributed by atoms with Gasteiger partial charge in [0.25, 0.3) is 0 Å². The van der Waals surface area contributed by atoms with Crippen LogP contribution in [0.2, 0.25) is 0 Å². The number of fused-ring (bicyclic) bond motifs is 1. The number of hydrogen-bond donors (Lipinski definition) is 1. The second kappa shape index (κ2) is 7.53. The molecule has 6 heteroatoms. The van der Waals surface area contributed by atoms with Gasteiger partial charge in [-0.1, -0.05) is 30.9 Å². The zero-order chi connectivity index (χ0) is 18.6. The molecule has 0 aliphatic rings. The van der Waals surface area contributed by atoms with Gasteiger partial charge in [0.15, 0.2) is 0 Å². The molecular formula is C19H24N2O4. The highest BCUT2D eigenvalue weighted by Gasteiger charge is 2.23. The van der Waals surface area contributed by atoms with E-state index in [1.165, 1.54) is 10.6 Å². The lowest BCUT2D eigenvalue weighted by Gasteiger charge is -2.19. The van der Waals surface area contributed by atoms with Gasteiger partial charge in [-0.15, -0.1) is 0 Å². The normalized spacial score (nSPS) is 12.6. The van der Waals surface area contributed by atoms with Crippen molar-refractivity contribution in [3.63, 3.8) is 0 Å². The third kappa shape index (κ3) is 4.70. The zero-order valence-electron chi connectivity index (χ0n) is 14.8. The topological polar surface area (TPSA) is 83.5 Å². The first kappa shape index (κ1) is 18.7. The molecule has 1 aromatic heterocycles. The van der Waals surface area contributed by atoms with Crippen molar-refractivity contribution >= 4 is 23.0 Å². The summed E-state index contributed by atoms with van der Waals surface area (Å²) in [5.41, 5.74) is 6.82. The van der Waals surface area contributed by atoms with Crippen molar-refractivity contribution in [1.29, 1.82) is 0 Å². The Labute approximate surface area is 147 Å². The van der Waals surface area contributed by atoms with E-state index in [0.717, 1.165) is 10.9 Å². The summed E-state index contributed by atoms with van der Waals surface area (Å²) in [6.45, 7) is 9.04. The fourth-order valence-corrected chi connectivity index (χ4v) is 2.44.